The van der Waals surface area contributed by atoms with E-state index in [4.69, 9.17) is 16.3 Å². The van der Waals surface area contributed by atoms with E-state index in [2.05, 4.69) is 0 Å². The van der Waals surface area contributed by atoms with Gasteiger partial charge in [0.05, 0.1) is 11.5 Å². The predicted octanol–water partition coefficient (Wildman–Crippen LogP) is 4.57. The summed E-state index contributed by atoms with van der Waals surface area (Å²) in [6, 6.07) is 13.8. The van der Waals surface area contributed by atoms with Crippen LogP contribution in [-0.2, 0) is 19.3 Å². The van der Waals surface area contributed by atoms with E-state index in [9.17, 15) is 13.2 Å². The monoisotopic (exact) mass is 421 g/mol. The van der Waals surface area contributed by atoms with E-state index in [0.717, 1.165) is 11.1 Å². The molecule has 0 aliphatic carbocycles. The number of hydrogen-bond donors (Lipinski definition) is 0. The van der Waals surface area contributed by atoms with Crippen molar-refractivity contribution in [2.45, 2.75) is 36.3 Å². The molecular formula is C21H24ClNO4S. The Labute approximate surface area is 171 Å². The number of carbonyl (C=O) groups is 1. The number of nitrogens with zero attached hydrogens (tertiary/aromatic N) is 1. The Bertz CT molecular complexity index is 949. The maximum absolute atomic E-state index is 13.8. The Morgan fingerprint density at radius 1 is 1.11 bits per heavy atom. The van der Waals surface area contributed by atoms with Crippen LogP contribution in [0.1, 0.15) is 30.9 Å². The van der Waals surface area contributed by atoms with Crippen LogP contribution in [0.25, 0.3) is 0 Å². The predicted molar refractivity (Wildman–Crippen MR) is 109 cm³/mol. The largest absolute Gasteiger partial charge is 0.450 e. The van der Waals surface area contributed by atoms with Gasteiger partial charge in [-0.25, -0.2) is 13.2 Å². The van der Waals surface area contributed by atoms with Crippen LogP contribution in [0.3, 0.4) is 0 Å². The summed E-state index contributed by atoms with van der Waals surface area (Å²) in [5.41, 5.74) is 1.71. The van der Waals surface area contributed by atoms with Crippen LogP contribution in [0.15, 0.2) is 53.4 Å². The molecule has 0 unspecified atom stereocenters. The highest BCUT2D eigenvalue weighted by Crippen LogP contribution is 2.45. The van der Waals surface area contributed by atoms with Gasteiger partial charge in [0.1, 0.15) is 4.75 Å². The zero-order chi connectivity index (χ0) is 20.4. The molecule has 0 aromatic heterocycles. The minimum Gasteiger partial charge on any atom is -0.450 e. The minimum absolute atomic E-state index is 0.240. The molecule has 1 fully saturated rings. The molecule has 0 bridgehead atoms. The van der Waals surface area contributed by atoms with E-state index in [0.29, 0.717) is 37.6 Å². The number of hydrogen-bond acceptors (Lipinski definition) is 4. The number of aryl methyl sites for hydroxylation is 1. The van der Waals surface area contributed by atoms with Crippen molar-refractivity contribution in [1.29, 1.82) is 0 Å². The van der Waals surface area contributed by atoms with E-state index in [1.54, 1.807) is 36.1 Å². The second-order valence-corrected chi connectivity index (χ2v) is 9.65. The van der Waals surface area contributed by atoms with E-state index in [1.807, 2.05) is 31.2 Å². The van der Waals surface area contributed by atoms with Crippen molar-refractivity contribution in [3.8, 4) is 0 Å². The Morgan fingerprint density at radius 3 is 2.29 bits per heavy atom. The molecule has 1 saturated heterocycles. The Hall–Kier alpha value is -2.05. The van der Waals surface area contributed by atoms with Crippen LogP contribution < -0.4 is 0 Å². The van der Waals surface area contributed by atoms with Gasteiger partial charge in [-0.15, -0.1) is 0 Å². The molecule has 1 aliphatic rings. The lowest BCUT2D eigenvalue weighted by molar-refractivity contribution is 0.0939. The number of rotatable bonds is 4. The molecule has 0 saturated carbocycles. The number of piperidine rings is 1. The van der Waals surface area contributed by atoms with Crippen LogP contribution in [0.5, 0.6) is 0 Å². The van der Waals surface area contributed by atoms with Gasteiger partial charge < -0.3 is 9.64 Å². The lowest BCUT2D eigenvalue weighted by Gasteiger charge is -2.41. The summed E-state index contributed by atoms with van der Waals surface area (Å²) >= 11 is 5.96. The number of likely N-dealkylation sites (tertiary alicyclic amines) is 1. The average molecular weight is 422 g/mol. The van der Waals surface area contributed by atoms with E-state index >= 15 is 0 Å². The summed E-state index contributed by atoms with van der Waals surface area (Å²) in [5, 5.41) is 0.487. The second kappa shape index (κ2) is 8.13. The highest BCUT2D eigenvalue weighted by Gasteiger charge is 2.49. The zero-order valence-corrected chi connectivity index (χ0v) is 17.6. The van der Waals surface area contributed by atoms with Gasteiger partial charge >= 0.3 is 6.09 Å². The number of sulfone groups is 1. The number of amides is 1. The highest BCUT2D eigenvalue weighted by atomic mass is 35.5. The fourth-order valence-electron chi connectivity index (χ4n) is 3.87. The van der Waals surface area contributed by atoms with E-state index in [1.165, 1.54) is 0 Å². The third-order valence-electron chi connectivity index (χ3n) is 5.37. The molecule has 1 aliphatic heterocycles. The van der Waals surface area contributed by atoms with Crippen molar-refractivity contribution in [3.05, 3.63) is 64.7 Å². The van der Waals surface area contributed by atoms with Gasteiger partial charge in [0, 0.05) is 18.1 Å². The maximum Gasteiger partial charge on any atom is 0.409 e. The lowest BCUT2D eigenvalue weighted by atomic mass is 9.86. The first-order valence-corrected chi connectivity index (χ1v) is 11.2. The van der Waals surface area contributed by atoms with Gasteiger partial charge in [-0.05, 0) is 62.1 Å². The molecule has 0 radical (unpaired) electrons. The summed E-state index contributed by atoms with van der Waals surface area (Å²) in [6.45, 7) is 4.61. The molecular weight excluding hydrogens is 398 g/mol. The van der Waals surface area contributed by atoms with E-state index in [-0.39, 0.29) is 4.90 Å². The van der Waals surface area contributed by atoms with Crippen molar-refractivity contribution in [1.82, 2.24) is 4.90 Å². The lowest BCUT2D eigenvalue weighted by Crippen LogP contribution is -2.49. The fraction of sp³-hybridized carbons (Fsp3) is 0.381. The molecule has 5 nitrogen and oxygen atoms in total. The van der Waals surface area contributed by atoms with Gasteiger partial charge in [0.2, 0.25) is 0 Å². The van der Waals surface area contributed by atoms with Crippen LogP contribution >= 0.6 is 11.6 Å². The molecule has 3 rings (SSSR count). The van der Waals surface area contributed by atoms with Crippen LogP contribution in [0.2, 0.25) is 5.02 Å². The first-order valence-electron chi connectivity index (χ1n) is 9.30. The molecule has 150 valence electrons. The summed E-state index contributed by atoms with van der Waals surface area (Å²) in [6.07, 6.45) is 0.216. The molecule has 2 aromatic carbocycles. The van der Waals surface area contributed by atoms with Crippen molar-refractivity contribution in [2.24, 2.45) is 0 Å². The normalized spacial score (nSPS) is 16.6. The average Bonchev–Trinajstić information content (AvgIpc) is 2.69. The number of halogens is 1. The molecule has 1 heterocycles. The van der Waals surface area contributed by atoms with Crippen molar-refractivity contribution in [3.63, 3.8) is 0 Å². The van der Waals surface area contributed by atoms with Gasteiger partial charge in [0.25, 0.3) is 0 Å². The molecule has 0 N–H and O–H groups in total. The Morgan fingerprint density at radius 2 is 1.71 bits per heavy atom. The number of benzene rings is 2. The molecule has 28 heavy (non-hydrogen) atoms. The van der Waals surface area contributed by atoms with Crippen LogP contribution in [0, 0.1) is 6.92 Å². The van der Waals surface area contributed by atoms with Crippen molar-refractivity contribution >= 4 is 27.5 Å². The number of carbonyl (C=O) groups excluding carboxylic acids is 1. The van der Waals surface area contributed by atoms with Gasteiger partial charge in [-0.1, -0.05) is 35.9 Å². The highest BCUT2D eigenvalue weighted by molar-refractivity contribution is 7.92. The van der Waals surface area contributed by atoms with Crippen molar-refractivity contribution < 1.29 is 17.9 Å². The molecule has 7 heteroatoms. The minimum atomic E-state index is -3.71. The Kier molecular flexibility index (Phi) is 6.01. The zero-order valence-electron chi connectivity index (χ0n) is 16.0. The summed E-state index contributed by atoms with van der Waals surface area (Å²) in [7, 11) is -3.71. The summed E-state index contributed by atoms with van der Waals surface area (Å²) in [5.74, 6) is 0. The first kappa shape index (κ1) is 20.7. The quantitative estimate of drug-likeness (QED) is 0.725. The third-order valence-corrected chi connectivity index (χ3v) is 8.17. The number of ether oxygens (including phenoxy) is 1. The second-order valence-electron chi connectivity index (χ2n) is 6.95. The summed E-state index contributed by atoms with van der Waals surface area (Å²) < 4.78 is 31.6. The third kappa shape index (κ3) is 3.63. The Balaban J connectivity index is 2.06. The summed E-state index contributed by atoms with van der Waals surface area (Å²) in [4.78, 5) is 13.9. The fourth-order valence-corrected chi connectivity index (χ4v) is 6.18. The van der Waals surface area contributed by atoms with Gasteiger partial charge in [-0.3, -0.25) is 0 Å². The SMILES string of the molecule is CCOC(=O)N1CCC(c2ccccc2C)(S(=O)(=O)c2ccc(Cl)cc2)CC1. The molecule has 2 aromatic rings. The maximum atomic E-state index is 13.8. The van der Waals surface area contributed by atoms with E-state index < -0.39 is 20.7 Å². The molecule has 1 amide bonds. The first-order chi connectivity index (χ1) is 13.3. The van der Waals surface area contributed by atoms with Gasteiger partial charge in [-0.2, -0.15) is 0 Å². The smallest absolute Gasteiger partial charge is 0.409 e. The van der Waals surface area contributed by atoms with Crippen molar-refractivity contribution in [2.75, 3.05) is 19.7 Å². The topological polar surface area (TPSA) is 63.7 Å². The van der Waals surface area contributed by atoms with Crippen LogP contribution in [0.4, 0.5) is 4.79 Å². The standard InChI is InChI=1S/C21H24ClNO4S/c1-3-27-20(24)23-14-12-21(13-15-23,19-7-5-4-6-16(19)2)28(25,26)18-10-8-17(22)9-11-18/h4-11H,3,12-15H2,1-2H3. The molecule has 0 atom stereocenters. The molecule has 0 spiro atoms. The van der Waals surface area contributed by atoms with Gasteiger partial charge in [0.15, 0.2) is 9.84 Å². The van der Waals surface area contributed by atoms with Crippen LogP contribution in [-0.4, -0.2) is 39.1 Å².